The monoisotopic (exact) mass is 437 g/mol. The van der Waals surface area contributed by atoms with Crippen LogP contribution in [-0.2, 0) is 6.54 Å². The number of H-pyrrole nitrogens is 1. The molecule has 160 valence electrons. The number of ether oxygens (including phenoxy) is 2. The number of hydrogen-bond donors (Lipinski definition) is 2. The Morgan fingerprint density at radius 2 is 2.03 bits per heavy atom. The Labute approximate surface area is 184 Å². The number of rotatable bonds is 6. The van der Waals surface area contributed by atoms with E-state index in [2.05, 4.69) is 16.9 Å². The molecule has 4 rings (SSSR count). The second-order valence-electron chi connectivity index (χ2n) is 7.23. The molecular weight excluding hydrogens is 414 g/mol. The molecule has 1 amide bonds. The zero-order chi connectivity index (χ0) is 22.0. The fraction of sp³-hybridized carbons (Fsp3) is 0.261. The summed E-state index contributed by atoms with van der Waals surface area (Å²) in [6.07, 6.45) is 2.31. The maximum absolute atomic E-state index is 13.0. The quantitative estimate of drug-likeness (QED) is 0.451. The minimum absolute atomic E-state index is 0.196. The van der Waals surface area contributed by atoms with Gasteiger partial charge in [-0.2, -0.15) is 0 Å². The summed E-state index contributed by atoms with van der Waals surface area (Å²) in [6.45, 7) is 7.01. The van der Waals surface area contributed by atoms with Crippen molar-refractivity contribution in [3.63, 3.8) is 0 Å². The second-order valence-corrected chi connectivity index (χ2v) is 7.62. The first-order valence-corrected chi connectivity index (χ1v) is 10.5. The van der Waals surface area contributed by atoms with Crippen molar-refractivity contribution in [2.24, 2.45) is 0 Å². The normalized spacial score (nSPS) is 13.6. The Morgan fingerprint density at radius 3 is 2.77 bits per heavy atom. The van der Waals surface area contributed by atoms with Crippen LogP contribution in [0.3, 0.4) is 0 Å². The van der Waals surface area contributed by atoms with Gasteiger partial charge < -0.3 is 19.8 Å². The summed E-state index contributed by atoms with van der Waals surface area (Å²) < 4.78 is 12.9. The molecule has 2 aromatic carbocycles. The maximum atomic E-state index is 13.0. The summed E-state index contributed by atoms with van der Waals surface area (Å²) in [4.78, 5) is 28.6. The standard InChI is InChI=1S/C23H23N3O4S/c1-3-9-26-22(28)16-7-5-15(12-18(16)25-23(26)31)21(27)24-17(4-2)14-6-8-19-20(13-14)30-11-10-29-19/h3,5-8,12-13,17H,1,4,9-11H2,2H3,(H,24,27)(H,25,31). The molecule has 0 radical (unpaired) electrons. The van der Waals surface area contributed by atoms with E-state index in [-0.39, 0.29) is 22.3 Å². The number of amides is 1. The average Bonchev–Trinajstić information content (AvgIpc) is 2.79. The largest absolute Gasteiger partial charge is 0.486 e. The number of fused-ring (bicyclic) bond motifs is 2. The third-order valence-electron chi connectivity index (χ3n) is 5.24. The van der Waals surface area contributed by atoms with Crippen LogP contribution < -0.4 is 20.3 Å². The molecule has 0 bridgehead atoms. The van der Waals surface area contributed by atoms with Crippen molar-refractivity contribution in [3.05, 3.63) is 75.3 Å². The maximum Gasteiger partial charge on any atom is 0.262 e. The zero-order valence-corrected chi connectivity index (χ0v) is 18.0. The van der Waals surface area contributed by atoms with Gasteiger partial charge in [-0.3, -0.25) is 14.2 Å². The highest BCUT2D eigenvalue weighted by molar-refractivity contribution is 7.71. The van der Waals surface area contributed by atoms with Crippen molar-refractivity contribution in [2.45, 2.75) is 25.9 Å². The molecule has 1 aliphatic heterocycles. The van der Waals surface area contributed by atoms with Gasteiger partial charge in [-0.25, -0.2) is 0 Å². The summed E-state index contributed by atoms with van der Waals surface area (Å²) in [7, 11) is 0. The van der Waals surface area contributed by atoms with E-state index in [9.17, 15) is 9.59 Å². The molecule has 0 saturated carbocycles. The highest BCUT2D eigenvalue weighted by Gasteiger charge is 2.19. The topological polar surface area (TPSA) is 85.3 Å². The van der Waals surface area contributed by atoms with E-state index in [0.29, 0.717) is 54.1 Å². The van der Waals surface area contributed by atoms with Crippen molar-refractivity contribution in [2.75, 3.05) is 13.2 Å². The number of allylic oxidation sites excluding steroid dienone is 1. The smallest absolute Gasteiger partial charge is 0.262 e. The van der Waals surface area contributed by atoms with Gasteiger partial charge in [-0.1, -0.05) is 19.1 Å². The summed E-state index contributed by atoms with van der Waals surface area (Å²) in [6, 6.07) is 10.4. The highest BCUT2D eigenvalue weighted by Crippen LogP contribution is 2.33. The lowest BCUT2D eigenvalue weighted by molar-refractivity contribution is 0.0935. The van der Waals surface area contributed by atoms with E-state index in [0.717, 1.165) is 5.56 Å². The average molecular weight is 438 g/mol. The van der Waals surface area contributed by atoms with Crippen LogP contribution in [0, 0.1) is 4.77 Å². The minimum Gasteiger partial charge on any atom is -0.486 e. The van der Waals surface area contributed by atoms with E-state index in [1.807, 2.05) is 25.1 Å². The van der Waals surface area contributed by atoms with Gasteiger partial charge in [0, 0.05) is 12.1 Å². The number of hydrogen-bond acceptors (Lipinski definition) is 5. The van der Waals surface area contributed by atoms with Gasteiger partial charge in [0.15, 0.2) is 16.3 Å². The lowest BCUT2D eigenvalue weighted by Crippen LogP contribution is -2.28. The molecule has 2 heterocycles. The summed E-state index contributed by atoms with van der Waals surface area (Å²) in [5.74, 6) is 1.16. The van der Waals surface area contributed by atoms with Crippen molar-refractivity contribution in [1.82, 2.24) is 14.9 Å². The van der Waals surface area contributed by atoms with Gasteiger partial charge in [-0.05, 0) is 54.5 Å². The fourth-order valence-corrected chi connectivity index (χ4v) is 3.90. The van der Waals surface area contributed by atoms with Crippen molar-refractivity contribution in [3.8, 4) is 11.5 Å². The predicted octanol–water partition coefficient (Wildman–Crippen LogP) is 3.90. The fourth-order valence-electron chi connectivity index (χ4n) is 3.63. The van der Waals surface area contributed by atoms with E-state index < -0.39 is 0 Å². The van der Waals surface area contributed by atoms with E-state index >= 15 is 0 Å². The van der Waals surface area contributed by atoms with Crippen LogP contribution in [0.15, 0.2) is 53.8 Å². The Balaban J connectivity index is 1.61. The lowest BCUT2D eigenvalue weighted by atomic mass is 10.0. The number of nitrogens with one attached hydrogen (secondary N) is 2. The number of aromatic nitrogens is 2. The molecular formula is C23H23N3O4S. The lowest BCUT2D eigenvalue weighted by Gasteiger charge is -2.22. The SMILES string of the molecule is C=CCn1c(=S)[nH]c2cc(C(=O)NC(CC)c3ccc4c(c3)OCCO4)ccc2c1=O. The Morgan fingerprint density at radius 1 is 1.26 bits per heavy atom. The van der Waals surface area contributed by atoms with E-state index in [1.165, 1.54) is 4.57 Å². The number of aromatic amines is 1. The first-order valence-electron chi connectivity index (χ1n) is 10.1. The second kappa shape index (κ2) is 8.77. The van der Waals surface area contributed by atoms with Crippen LogP contribution >= 0.6 is 12.2 Å². The molecule has 0 spiro atoms. The number of carbonyl (C=O) groups is 1. The molecule has 1 aliphatic rings. The first kappa shape index (κ1) is 20.9. The van der Waals surface area contributed by atoms with Crippen molar-refractivity contribution in [1.29, 1.82) is 0 Å². The van der Waals surface area contributed by atoms with Gasteiger partial charge in [0.05, 0.1) is 16.9 Å². The van der Waals surface area contributed by atoms with E-state index in [4.69, 9.17) is 21.7 Å². The van der Waals surface area contributed by atoms with Gasteiger partial charge in [0.2, 0.25) is 0 Å². The molecule has 2 N–H and O–H groups in total. The number of nitrogens with zero attached hydrogens (tertiary/aromatic N) is 1. The molecule has 0 aliphatic carbocycles. The summed E-state index contributed by atoms with van der Waals surface area (Å²) in [5.41, 5.74) is 1.69. The third kappa shape index (κ3) is 4.11. The van der Waals surface area contributed by atoms with Crippen LogP contribution in [-0.4, -0.2) is 28.7 Å². The number of carbonyl (C=O) groups excluding carboxylic acids is 1. The van der Waals surface area contributed by atoms with Gasteiger partial charge >= 0.3 is 0 Å². The molecule has 1 atom stereocenters. The molecule has 0 fully saturated rings. The first-order chi connectivity index (χ1) is 15.0. The molecule has 3 aromatic rings. The van der Waals surface area contributed by atoms with E-state index in [1.54, 1.807) is 24.3 Å². The molecule has 1 unspecified atom stereocenters. The van der Waals surface area contributed by atoms with Crippen LogP contribution in [0.4, 0.5) is 0 Å². The van der Waals surface area contributed by atoms with Crippen LogP contribution in [0.2, 0.25) is 0 Å². The zero-order valence-electron chi connectivity index (χ0n) is 17.1. The summed E-state index contributed by atoms with van der Waals surface area (Å²) in [5, 5.41) is 3.52. The van der Waals surface area contributed by atoms with Gasteiger partial charge in [0.1, 0.15) is 13.2 Å². The van der Waals surface area contributed by atoms with Crippen molar-refractivity contribution >= 4 is 29.0 Å². The molecule has 31 heavy (non-hydrogen) atoms. The van der Waals surface area contributed by atoms with Crippen LogP contribution in [0.5, 0.6) is 11.5 Å². The van der Waals surface area contributed by atoms with Gasteiger partial charge in [-0.15, -0.1) is 6.58 Å². The Bertz CT molecular complexity index is 1280. The summed E-state index contributed by atoms with van der Waals surface area (Å²) >= 11 is 5.28. The van der Waals surface area contributed by atoms with Crippen LogP contribution in [0.25, 0.3) is 10.9 Å². The molecule has 8 heteroatoms. The predicted molar refractivity (Wildman–Crippen MR) is 122 cm³/mol. The molecule has 0 saturated heterocycles. The molecule has 7 nitrogen and oxygen atoms in total. The highest BCUT2D eigenvalue weighted by atomic mass is 32.1. The van der Waals surface area contributed by atoms with Gasteiger partial charge in [0.25, 0.3) is 11.5 Å². The Kier molecular flexibility index (Phi) is 5.90. The Hall–Kier alpha value is -3.39. The third-order valence-corrected chi connectivity index (χ3v) is 5.56. The number of benzene rings is 2. The van der Waals surface area contributed by atoms with Crippen LogP contribution in [0.1, 0.15) is 35.3 Å². The van der Waals surface area contributed by atoms with Crippen molar-refractivity contribution < 1.29 is 14.3 Å². The molecule has 1 aromatic heterocycles. The minimum atomic E-state index is -0.238.